The zero-order valence-corrected chi connectivity index (χ0v) is 14.5. The first-order chi connectivity index (χ1) is 12.3. The van der Waals surface area contributed by atoms with E-state index in [0.717, 1.165) is 5.56 Å². The van der Waals surface area contributed by atoms with Gasteiger partial charge in [-0.25, -0.2) is 0 Å². The molecule has 2 aromatic rings. The first-order valence-electron chi connectivity index (χ1n) is 7.63. The second kappa shape index (κ2) is 6.86. The van der Waals surface area contributed by atoms with Crippen LogP contribution in [0.5, 0.6) is 11.5 Å². The normalized spacial score (nSPS) is 11.9. The Kier molecular flexibility index (Phi) is 5.12. The van der Waals surface area contributed by atoms with Gasteiger partial charge >= 0.3 is 17.6 Å². The molecule has 0 heterocycles. The molecule has 0 bridgehead atoms. The fraction of sp³-hybridized carbons (Fsp3) is 0.294. The molecule has 0 saturated heterocycles. The predicted molar refractivity (Wildman–Crippen MR) is 90.0 cm³/mol. The average Bonchev–Trinajstić information content (AvgIpc) is 2.53. The molecular weight excluding hydrogens is 369 g/mol. The van der Waals surface area contributed by atoms with Gasteiger partial charge in [0.15, 0.2) is 0 Å². The van der Waals surface area contributed by atoms with Crippen molar-refractivity contribution in [2.75, 3.05) is 0 Å². The predicted octanol–water partition coefficient (Wildman–Crippen LogP) is 5.61. The van der Waals surface area contributed by atoms with Crippen LogP contribution in [0, 0.1) is 20.2 Å². The Labute approximate surface area is 151 Å². The molecule has 0 aliphatic rings. The van der Waals surface area contributed by atoms with Gasteiger partial charge in [-0.15, -0.1) is 0 Å². The van der Waals surface area contributed by atoms with Crippen LogP contribution < -0.4 is 4.74 Å². The lowest BCUT2D eigenvalue weighted by Gasteiger charge is -2.19. The number of benzene rings is 2. The van der Waals surface area contributed by atoms with Gasteiger partial charge in [0.1, 0.15) is 5.75 Å². The number of nitro groups is 2. The van der Waals surface area contributed by atoms with Crippen LogP contribution in [0.3, 0.4) is 0 Å². The summed E-state index contributed by atoms with van der Waals surface area (Å²) in [6.45, 7) is 5.86. The summed E-state index contributed by atoms with van der Waals surface area (Å²) in [6.07, 6.45) is -4.98. The van der Waals surface area contributed by atoms with E-state index in [0.29, 0.717) is 0 Å². The summed E-state index contributed by atoms with van der Waals surface area (Å²) in [5, 5.41) is 22.4. The van der Waals surface area contributed by atoms with E-state index >= 15 is 0 Å². The molecule has 0 saturated carbocycles. The quantitative estimate of drug-likeness (QED) is 0.504. The minimum atomic E-state index is -4.98. The van der Waals surface area contributed by atoms with Gasteiger partial charge in [0.2, 0.25) is 0 Å². The van der Waals surface area contributed by atoms with Crippen LogP contribution in [0.2, 0.25) is 0 Å². The molecule has 10 heteroatoms. The molecule has 2 aromatic carbocycles. The Hall–Kier alpha value is -3.17. The van der Waals surface area contributed by atoms with Crippen molar-refractivity contribution in [3.63, 3.8) is 0 Å². The van der Waals surface area contributed by atoms with E-state index < -0.39 is 38.7 Å². The maximum Gasteiger partial charge on any atom is 0.416 e. The highest BCUT2D eigenvalue weighted by atomic mass is 19.4. The molecule has 0 unspecified atom stereocenters. The van der Waals surface area contributed by atoms with Crippen LogP contribution in [0.25, 0.3) is 0 Å². The molecule has 27 heavy (non-hydrogen) atoms. The molecule has 0 radical (unpaired) electrons. The Morgan fingerprint density at radius 1 is 0.852 bits per heavy atom. The first kappa shape index (κ1) is 20.1. The van der Waals surface area contributed by atoms with E-state index in [2.05, 4.69) is 0 Å². The van der Waals surface area contributed by atoms with E-state index in [1.165, 1.54) is 12.1 Å². The maximum atomic E-state index is 12.9. The van der Waals surface area contributed by atoms with Crippen LogP contribution in [0.4, 0.5) is 24.5 Å². The fourth-order valence-corrected chi connectivity index (χ4v) is 2.28. The van der Waals surface area contributed by atoms with Crippen LogP contribution in [0.1, 0.15) is 31.9 Å². The Morgan fingerprint density at radius 2 is 1.30 bits per heavy atom. The Morgan fingerprint density at radius 3 is 1.63 bits per heavy atom. The third-order valence-electron chi connectivity index (χ3n) is 3.71. The topological polar surface area (TPSA) is 95.5 Å². The highest BCUT2D eigenvalue weighted by molar-refractivity contribution is 5.63. The molecule has 0 amide bonds. The summed E-state index contributed by atoms with van der Waals surface area (Å²) in [7, 11) is 0. The van der Waals surface area contributed by atoms with E-state index in [-0.39, 0.29) is 23.3 Å². The highest BCUT2D eigenvalue weighted by Gasteiger charge is 2.38. The van der Waals surface area contributed by atoms with Gasteiger partial charge in [-0.1, -0.05) is 32.9 Å². The van der Waals surface area contributed by atoms with Crippen molar-refractivity contribution in [3.05, 3.63) is 67.8 Å². The summed E-state index contributed by atoms with van der Waals surface area (Å²) < 4.78 is 44.0. The van der Waals surface area contributed by atoms with Crippen LogP contribution in [0.15, 0.2) is 36.4 Å². The van der Waals surface area contributed by atoms with Crippen molar-refractivity contribution in [2.45, 2.75) is 32.4 Å². The summed E-state index contributed by atoms with van der Waals surface area (Å²) in [5.74, 6) is -0.838. The lowest BCUT2D eigenvalue weighted by atomic mass is 9.87. The standard InChI is InChI=1S/C17H15F3N2O5/c1-16(2,3)10-4-6-12(7-5-10)27-15-13(21(23)24)8-11(17(18,19)20)9-14(15)22(25)26/h4-9H,1-3H3. The molecule has 0 fully saturated rings. The second-order valence-corrected chi connectivity index (χ2v) is 6.73. The second-order valence-electron chi connectivity index (χ2n) is 6.73. The van der Waals surface area contributed by atoms with Gasteiger partial charge in [0.05, 0.1) is 15.4 Å². The van der Waals surface area contributed by atoms with Gasteiger partial charge < -0.3 is 4.74 Å². The molecule has 144 valence electrons. The molecule has 0 N–H and O–H groups in total. The molecule has 7 nitrogen and oxygen atoms in total. The van der Waals surface area contributed by atoms with Crippen LogP contribution >= 0.6 is 0 Å². The largest absolute Gasteiger partial charge is 0.444 e. The maximum absolute atomic E-state index is 12.9. The minimum absolute atomic E-state index is 0.0222. The summed E-state index contributed by atoms with van der Waals surface area (Å²) >= 11 is 0. The van der Waals surface area contributed by atoms with Gasteiger partial charge in [0, 0.05) is 12.1 Å². The molecule has 2 rings (SSSR count). The van der Waals surface area contributed by atoms with Crippen LogP contribution in [-0.4, -0.2) is 9.85 Å². The number of nitrogens with zero attached hydrogens (tertiary/aromatic N) is 2. The minimum Gasteiger partial charge on any atom is -0.444 e. The van der Waals surface area contributed by atoms with Crippen molar-refractivity contribution in [1.82, 2.24) is 0 Å². The van der Waals surface area contributed by atoms with E-state index in [1.807, 2.05) is 20.8 Å². The van der Waals surface area contributed by atoms with Crippen molar-refractivity contribution in [1.29, 1.82) is 0 Å². The first-order valence-corrected chi connectivity index (χ1v) is 7.63. The zero-order valence-electron chi connectivity index (χ0n) is 14.5. The van der Waals surface area contributed by atoms with Crippen molar-refractivity contribution >= 4 is 11.4 Å². The third kappa shape index (κ3) is 4.52. The van der Waals surface area contributed by atoms with Gasteiger partial charge in [0.25, 0.3) is 5.75 Å². The number of alkyl halides is 3. The number of rotatable bonds is 4. The number of nitro benzene ring substituents is 2. The van der Waals surface area contributed by atoms with E-state index in [9.17, 15) is 33.4 Å². The highest BCUT2D eigenvalue weighted by Crippen LogP contribution is 2.44. The summed E-state index contributed by atoms with van der Waals surface area (Å²) in [6, 6.07) is 6.63. The fourth-order valence-electron chi connectivity index (χ4n) is 2.28. The zero-order chi connectivity index (χ0) is 20.6. The molecule has 0 spiro atoms. The molecule has 0 aromatic heterocycles. The molecule has 0 aliphatic heterocycles. The smallest absolute Gasteiger partial charge is 0.416 e. The van der Waals surface area contributed by atoms with E-state index in [1.54, 1.807) is 12.1 Å². The SMILES string of the molecule is CC(C)(C)c1ccc(Oc2c([N+](=O)[O-])cc(C(F)(F)F)cc2[N+](=O)[O-])cc1. The number of ether oxygens (including phenoxy) is 1. The average molecular weight is 384 g/mol. The number of halogens is 3. The molecular formula is C17H15F3N2O5. The Balaban J connectivity index is 2.58. The van der Waals surface area contributed by atoms with E-state index in [4.69, 9.17) is 4.74 Å². The summed E-state index contributed by atoms with van der Waals surface area (Å²) in [5.41, 5.74) is -3.07. The van der Waals surface area contributed by atoms with Gasteiger partial charge in [-0.3, -0.25) is 20.2 Å². The van der Waals surface area contributed by atoms with Crippen LogP contribution in [-0.2, 0) is 11.6 Å². The van der Waals surface area contributed by atoms with Crippen molar-refractivity contribution in [2.24, 2.45) is 0 Å². The lowest BCUT2D eigenvalue weighted by molar-refractivity contribution is -0.396. The molecule has 0 atom stereocenters. The lowest BCUT2D eigenvalue weighted by Crippen LogP contribution is -2.10. The van der Waals surface area contributed by atoms with Gasteiger partial charge in [-0.05, 0) is 23.1 Å². The molecule has 0 aliphatic carbocycles. The number of hydrogen-bond donors (Lipinski definition) is 0. The third-order valence-corrected chi connectivity index (χ3v) is 3.71. The van der Waals surface area contributed by atoms with Gasteiger partial charge in [-0.2, -0.15) is 13.2 Å². The van der Waals surface area contributed by atoms with Crippen molar-refractivity contribution in [3.8, 4) is 11.5 Å². The number of hydrogen-bond acceptors (Lipinski definition) is 5. The van der Waals surface area contributed by atoms with Crippen molar-refractivity contribution < 1.29 is 27.8 Å². The summed E-state index contributed by atoms with van der Waals surface area (Å²) in [4.78, 5) is 20.1. The Bertz CT molecular complexity index is 852. The monoisotopic (exact) mass is 384 g/mol.